The molecule has 2 N–H and O–H groups in total. The molecule has 126 valence electrons. The number of carbonyl (C=O) groups is 1. The standard InChI is InChI=1S/C18H17N5O2/c1-12-8-10-13(11-9-12)15(24)20-17-21-16(22-18(23-17)25-2)19-14-6-4-3-5-7-14/h3-11H,1-2H3,(H2,19,20,21,22,23,24). The first-order valence-corrected chi connectivity index (χ1v) is 7.64. The zero-order valence-corrected chi connectivity index (χ0v) is 13.9. The largest absolute Gasteiger partial charge is 0.467 e. The molecule has 3 aromatic rings. The van der Waals surface area contributed by atoms with Crippen LogP contribution in [0.4, 0.5) is 17.6 Å². The molecule has 7 heteroatoms. The highest BCUT2D eigenvalue weighted by Crippen LogP contribution is 2.16. The Morgan fingerprint density at radius 2 is 1.60 bits per heavy atom. The number of hydrogen-bond donors (Lipinski definition) is 2. The fourth-order valence-electron chi connectivity index (χ4n) is 2.09. The Morgan fingerprint density at radius 3 is 2.28 bits per heavy atom. The molecule has 3 rings (SSSR count). The van der Waals surface area contributed by atoms with Gasteiger partial charge in [0.05, 0.1) is 7.11 Å². The first-order valence-electron chi connectivity index (χ1n) is 7.64. The van der Waals surface area contributed by atoms with E-state index >= 15 is 0 Å². The second kappa shape index (κ2) is 7.39. The maximum atomic E-state index is 12.3. The molecule has 2 aromatic carbocycles. The van der Waals surface area contributed by atoms with Gasteiger partial charge in [-0.05, 0) is 31.2 Å². The monoisotopic (exact) mass is 335 g/mol. The molecular formula is C18H17N5O2. The number of aromatic nitrogens is 3. The molecule has 0 saturated heterocycles. The van der Waals surface area contributed by atoms with E-state index in [1.165, 1.54) is 7.11 Å². The molecule has 0 fully saturated rings. The van der Waals surface area contributed by atoms with Crippen molar-refractivity contribution < 1.29 is 9.53 Å². The van der Waals surface area contributed by atoms with E-state index in [1.54, 1.807) is 12.1 Å². The summed E-state index contributed by atoms with van der Waals surface area (Å²) >= 11 is 0. The topological polar surface area (TPSA) is 89.0 Å². The van der Waals surface area contributed by atoms with Crippen molar-refractivity contribution in [1.29, 1.82) is 0 Å². The van der Waals surface area contributed by atoms with Crippen molar-refractivity contribution in [3.63, 3.8) is 0 Å². The third-order valence-corrected chi connectivity index (χ3v) is 3.37. The summed E-state index contributed by atoms with van der Waals surface area (Å²) in [7, 11) is 1.45. The SMILES string of the molecule is COc1nc(NC(=O)c2ccc(C)cc2)nc(Nc2ccccc2)n1. The van der Waals surface area contributed by atoms with E-state index in [9.17, 15) is 4.79 Å². The van der Waals surface area contributed by atoms with Crippen LogP contribution in [0.15, 0.2) is 54.6 Å². The summed E-state index contributed by atoms with van der Waals surface area (Å²) in [4.78, 5) is 24.7. The van der Waals surface area contributed by atoms with E-state index in [4.69, 9.17) is 4.74 Å². The number of hydrogen-bond acceptors (Lipinski definition) is 6. The molecule has 7 nitrogen and oxygen atoms in total. The van der Waals surface area contributed by atoms with Crippen LogP contribution in [0.3, 0.4) is 0 Å². The fourth-order valence-corrected chi connectivity index (χ4v) is 2.09. The van der Waals surface area contributed by atoms with Crippen LogP contribution in [-0.4, -0.2) is 28.0 Å². The minimum Gasteiger partial charge on any atom is -0.467 e. The highest BCUT2D eigenvalue weighted by atomic mass is 16.5. The Balaban J connectivity index is 1.82. The number of methoxy groups -OCH3 is 1. The minimum atomic E-state index is -0.307. The quantitative estimate of drug-likeness (QED) is 0.744. The highest BCUT2D eigenvalue weighted by Gasteiger charge is 2.12. The number of ether oxygens (including phenoxy) is 1. The summed E-state index contributed by atoms with van der Waals surface area (Å²) in [6.45, 7) is 1.96. The fraction of sp³-hybridized carbons (Fsp3) is 0.111. The van der Waals surface area contributed by atoms with Crippen molar-refractivity contribution in [2.75, 3.05) is 17.7 Å². The van der Waals surface area contributed by atoms with Gasteiger partial charge in [-0.1, -0.05) is 35.9 Å². The lowest BCUT2D eigenvalue weighted by Gasteiger charge is -2.09. The Hall–Kier alpha value is -3.48. The van der Waals surface area contributed by atoms with Gasteiger partial charge in [-0.2, -0.15) is 15.0 Å². The third kappa shape index (κ3) is 4.29. The number of nitrogens with one attached hydrogen (secondary N) is 2. The van der Waals surface area contributed by atoms with Gasteiger partial charge >= 0.3 is 6.01 Å². The molecule has 25 heavy (non-hydrogen) atoms. The second-order valence-electron chi connectivity index (χ2n) is 5.28. The highest BCUT2D eigenvalue weighted by molar-refractivity contribution is 6.03. The molecule has 0 bridgehead atoms. The van der Waals surface area contributed by atoms with E-state index in [0.717, 1.165) is 11.3 Å². The Labute approximate surface area is 145 Å². The van der Waals surface area contributed by atoms with Crippen LogP contribution in [-0.2, 0) is 0 Å². The van der Waals surface area contributed by atoms with Crippen molar-refractivity contribution in [3.05, 3.63) is 65.7 Å². The number of rotatable bonds is 5. The molecule has 0 aliphatic rings. The van der Waals surface area contributed by atoms with Crippen LogP contribution in [0.5, 0.6) is 6.01 Å². The van der Waals surface area contributed by atoms with Gasteiger partial charge in [0.2, 0.25) is 11.9 Å². The Kier molecular flexibility index (Phi) is 4.84. The van der Waals surface area contributed by atoms with E-state index in [1.807, 2.05) is 49.4 Å². The van der Waals surface area contributed by atoms with E-state index < -0.39 is 0 Å². The maximum Gasteiger partial charge on any atom is 0.322 e. The first-order chi connectivity index (χ1) is 12.1. The lowest BCUT2D eigenvalue weighted by atomic mass is 10.1. The number of amides is 1. The van der Waals surface area contributed by atoms with Gasteiger partial charge in [-0.25, -0.2) is 0 Å². The van der Waals surface area contributed by atoms with Crippen LogP contribution in [0, 0.1) is 6.92 Å². The van der Waals surface area contributed by atoms with Crippen LogP contribution in [0.2, 0.25) is 0 Å². The van der Waals surface area contributed by atoms with Crippen molar-refractivity contribution in [2.45, 2.75) is 6.92 Å². The van der Waals surface area contributed by atoms with E-state index in [0.29, 0.717) is 5.56 Å². The van der Waals surface area contributed by atoms with Gasteiger partial charge in [0.1, 0.15) is 0 Å². The molecule has 0 radical (unpaired) electrons. The van der Waals surface area contributed by atoms with Gasteiger partial charge in [-0.3, -0.25) is 10.1 Å². The third-order valence-electron chi connectivity index (χ3n) is 3.37. The van der Waals surface area contributed by atoms with Gasteiger partial charge in [0.15, 0.2) is 0 Å². The summed E-state index contributed by atoms with van der Waals surface area (Å²) in [5.41, 5.74) is 2.40. The summed E-state index contributed by atoms with van der Waals surface area (Å²) in [6, 6.07) is 16.8. The predicted octanol–water partition coefficient (Wildman–Crippen LogP) is 3.18. The minimum absolute atomic E-state index is 0.104. The summed E-state index contributed by atoms with van der Waals surface area (Å²) in [6.07, 6.45) is 0. The van der Waals surface area contributed by atoms with Crippen LogP contribution in [0.1, 0.15) is 15.9 Å². The summed E-state index contributed by atoms with van der Waals surface area (Å²) in [5.74, 6) is 0.0760. The van der Waals surface area contributed by atoms with Crippen LogP contribution < -0.4 is 15.4 Å². The van der Waals surface area contributed by atoms with Gasteiger partial charge < -0.3 is 10.1 Å². The first kappa shape index (κ1) is 16.4. The molecule has 0 atom stereocenters. The Bertz CT molecular complexity index is 866. The van der Waals surface area contributed by atoms with Crippen molar-refractivity contribution >= 4 is 23.5 Å². The molecule has 0 spiro atoms. The maximum absolute atomic E-state index is 12.3. The molecule has 0 aliphatic heterocycles. The number of benzene rings is 2. The van der Waals surface area contributed by atoms with Gasteiger partial charge in [-0.15, -0.1) is 0 Å². The summed E-state index contributed by atoms with van der Waals surface area (Å²) in [5, 5.41) is 5.70. The number of para-hydroxylation sites is 1. The molecule has 0 aliphatic carbocycles. The average molecular weight is 335 g/mol. The van der Waals surface area contributed by atoms with E-state index in [2.05, 4.69) is 25.6 Å². The van der Waals surface area contributed by atoms with Crippen molar-refractivity contribution in [3.8, 4) is 6.01 Å². The van der Waals surface area contributed by atoms with Crippen LogP contribution in [0.25, 0.3) is 0 Å². The zero-order valence-electron chi connectivity index (χ0n) is 13.9. The molecule has 1 heterocycles. The second-order valence-corrected chi connectivity index (χ2v) is 5.28. The molecule has 0 saturated carbocycles. The number of anilines is 3. The zero-order chi connectivity index (χ0) is 17.6. The molecular weight excluding hydrogens is 318 g/mol. The van der Waals surface area contributed by atoms with E-state index in [-0.39, 0.29) is 23.8 Å². The van der Waals surface area contributed by atoms with Gasteiger partial charge in [0.25, 0.3) is 5.91 Å². The number of aryl methyl sites for hydroxylation is 1. The lowest BCUT2D eigenvalue weighted by Crippen LogP contribution is -2.15. The Morgan fingerprint density at radius 1 is 0.920 bits per heavy atom. The normalized spacial score (nSPS) is 10.2. The molecule has 1 amide bonds. The average Bonchev–Trinajstić information content (AvgIpc) is 2.63. The number of carbonyl (C=O) groups excluding carboxylic acids is 1. The predicted molar refractivity (Wildman–Crippen MR) is 95.2 cm³/mol. The molecule has 0 unspecified atom stereocenters. The van der Waals surface area contributed by atoms with Crippen molar-refractivity contribution in [2.24, 2.45) is 0 Å². The molecule has 1 aromatic heterocycles. The summed E-state index contributed by atoms with van der Waals surface area (Å²) < 4.78 is 5.08. The smallest absolute Gasteiger partial charge is 0.322 e. The van der Waals surface area contributed by atoms with Gasteiger partial charge in [0, 0.05) is 11.3 Å². The van der Waals surface area contributed by atoms with Crippen molar-refractivity contribution in [1.82, 2.24) is 15.0 Å². The number of nitrogens with zero attached hydrogens (tertiary/aromatic N) is 3. The van der Waals surface area contributed by atoms with Crippen LogP contribution >= 0.6 is 0 Å². The lowest BCUT2D eigenvalue weighted by molar-refractivity contribution is 0.102.